The molecular weight excluding hydrogens is 1480 g/mol. The first-order valence-electron chi connectivity index (χ1n) is 45.7. The molecule has 3 unspecified atom stereocenters. The van der Waals surface area contributed by atoms with E-state index >= 15 is 9.59 Å². The van der Waals surface area contributed by atoms with Gasteiger partial charge in [0.15, 0.2) is 23.7 Å². The summed E-state index contributed by atoms with van der Waals surface area (Å²) >= 11 is 0. The van der Waals surface area contributed by atoms with Crippen LogP contribution in [-0.4, -0.2) is 409 Å². The van der Waals surface area contributed by atoms with Crippen molar-refractivity contribution in [2.24, 2.45) is 86.0 Å². The van der Waals surface area contributed by atoms with Gasteiger partial charge in [-0.25, -0.2) is 0 Å². The lowest BCUT2D eigenvalue weighted by atomic mass is 9.93. The number of amides is 1. The van der Waals surface area contributed by atoms with Gasteiger partial charge >= 0.3 is 0 Å². The number of ether oxygens (including phenoxy) is 8. The Bertz CT molecular complexity index is 2000. The highest BCUT2D eigenvalue weighted by atomic mass is 16.6. The second kappa shape index (κ2) is 83.8. The van der Waals surface area contributed by atoms with Gasteiger partial charge in [-0.05, 0) is 331 Å². The van der Waals surface area contributed by atoms with Crippen LogP contribution in [0.3, 0.4) is 0 Å². The molecule has 0 saturated carbocycles. The summed E-state index contributed by atoms with van der Waals surface area (Å²) in [6.07, 6.45) is 14.5. The average Bonchev–Trinajstić information content (AvgIpc) is 0.813. The molecule has 0 fully saturated rings. The van der Waals surface area contributed by atoms with Gasteiger partial charge in [0, 0.05) is 112 Å². The van der Waals surface area contributed by atoms with Crippen molar-refractivity contribution in [3.05, 3.63) is 0 Å². The minimum atomic E-state index is -1.65. The van der Waals surface area contributed by atoms with E-state index in [1.54, 1.807) is 0 Å². The van der Waals surface area contributed by atoms with E-state index in [2.05, 4.69) is 51.4 Å². The van der Waals surface area contributed by atoms with Gasteiger partial charge in [-0.1, -0.05) is 13.3 Å². The van der Waals surface area contributed by atoms with Crippen molar-refractivity contribution in [3.8, 4) is 0 Å². The maximum atomic E-state index is 16.8. The lowest BCUT2D eigenvalue weighted by Crippen LogP contribution is -2.62. The molecule has 3 atom stereocenters. The van der Waals surface area contributed by atoms with Crippen LogP contribution in [0.25, 0.3) is 0 Å². The van der Waals surface area contributed by atoms with Gasteiger partial charge in [0.25, 0.3) is 5.91 Å². The summed E-state index contributed by atoms with van der Waals surface area (Å²) in [4.78, 5) is 52.3. The van der Waals surface area contributed by atoms with Gasteiger partial charge < -0.3 is 168 Å². The number of nitrogens with one attached hydrogen (secondary N) is 1. The summed E-state index contributed by atoms with van der Waals surface area (Å²) in [6.45, 7) is 30.3. The maximum Gasteiger partial charge on any atom is 0.254 e. The number of carbonyl (C=O) groups excluding carboxylic acids is 2. The molecule has 34 heteroatoms. The predicted octanol–water partition coefficient (Wildman–Crippen LogP) is -1.84. The normalized spacial score (nSPS) is 13.4. The second-order valence-electron chi connectivity index (χ2n) is 31.1. The molecule has 34 nitrogen and oxygen atoms in total. The third-order valence-corrected chi connectivity index (χ3v) is 20.6. The molecule has 0 saturated heterocycles. The summed E-state index contributed by atoms with van der Waals surface area (Å²) in [7, 11) is 0. The highest BCUT2D eigenvalue weighted by Gasteiger charge is 2.45. The van der Waals surface area contributed by atoms with Crippen LogP contribution in [0.5, 0.6) is 0 Å². The molecule has 0 heterocycles. The number of ketones is 1. The number of rotatable bonds is 96. The average molecular weight is 1670 g/mol. The van der Waals surface area contributed by atoms with E-state index in [0.29, 0.717) is 196 Å². The Morgan fingerprint density at radius 3 is 0.802 bits per heavy atom. The number of unbranched alkanes of at least 4 members (excludes halogenated alkanes) is 1. The van der Waals surface area contributed by atoms with Gasteiger partial charge in [0.1, 0.15) is 5.60 Å². The first kappa shape index (κ1) is 114. The Labute approximate surface area is 705 Å². The monoisotopic (exact) mass is 1670 g/mol. The van der Waals surface area contributed by atoms with Crippen LogP contribution in [0.1, 0.15) is 161 Å². The zero-order valence-corrected chi connectivity index (χ0v) is 74.0. The largest absolute Gasteiger partial charge is 0.378 e. The molecule has 1 amide bonds. The van der Waals surface area contributed by atoms with Crippen molar-refractivity contribution >= 4 is 11.7 Å². The van der Waals surface area contributed by atoms with Crippen LogP contribution in [-0.2, 0) is 47.5 Å². The van der Waals surface area contributed by atoms with Crippen LogP contribution in [0, 0.1) is 0 Å². The molecular formula is C82H186N24O10. The molecule has 0 spiro atoms. The molecule has 0 radical (unpaired) electrons. The van der Waals surface area contributed by atoms with Gasteiger partial charge in [0.2, 0.25) is 0 Å². The van der Waals surface area contributed by atoms with Gasteiger partial charge in [0.05, 0.1) is 39.6 Å². The van der Waals surface area contributed by atoms with Crippen molar-refractivity contribution in [2.75, 3.05) is 335 Å². The molecule has 694 valence electrons. The van der Waals surface area contributed by atoms with Crippen LogP contribution >= 0.6 is 0 Å². The van der Waals surface area contributed by atoms with E-state index in [0.717, 1.165) is 227 Å². The van der Waals surface area contributed by atoms with E-state index in [1.807, 2.05) is 0 Å². The van der Waals surface area contributed by atoms with Crippen molar-refractivity contribution in [3.63, 3.8) is 0 Å². The Hall–Kier alpha value is -2.10. The quantitative estimate of drug-likeness (QED) is 0.0235. The standard InChI is InChI=1S/C82H186N24O10/c1-2-3-40-99(41-4-25-83)60-23-69-115-81(73-109-64-18-55-100(42-5-26-84)43-6-27-85,74-110-65-19-56-101(44-7-28-86)45-8-29-87)72-77(107)78(113-67-21-58-103(48-11-32-90)49-12-33-91)79(114-68-22-59-104(50-13-34-92)51-14-35-93)80(108)98-82(116-70-24-61-105(62-39-97)52-15-36-94,76-112-71-63-106(53-16-37-95)54-17-38-96)75-111-66-20-57-102(46-9-30-88)47-10-31-89/h78-79H,2-76,83-97H2,1H3,(H,98,108). The van der Waals surface area contributed by atoms with Crippen molar-refractivity contribution in [1.29, 1.82) is 0 Å². The molecule has 0 bridgehead atoms. The summed E-state index contributed by atoms with van der Waals surface area (Å²) in [5, 5.41) is 3.39. The fraction of sp³-hybridized carbons (Fsp3) is 0.976. The van der Waals surface area contributed by atoms with Gasteiger partial charge in [-0.15, -0.1) is 0 Å². The van der Waals surface area contributed by atoms with Crippen molar-refractivity contribution < 1.29 is 47.5 Å². The minimum Gasteiger partial charge on any atom is -0.378 e. The Morgan fingerprint density at radius 1 is 0.259 bits per heavy atom. The smallest absolute Gasteiger partial charge is 0.254 e. The Kier molecular flexibility index (Phi) is 82.3. The molecule has 31 N–H and O–H groups in total. The fourth-order valence-electron chi connectivity index (χ4n) is 14.0. The first-order chi connectivity index (χ1) is 56.7. The van der Waals surface area contributed by atoms with E-state index in [1.165, 1.54) is 0 Å². The zero-order valence-electron chi connectivity index (χ0n) is 74.0. The molecule has 0 aromatic heterocycles. The van der Waals surface area contributed by atoms with Crippen molar-refractivity contribution in [2.45, 2.75) is 185 Å². The Morgan fingerprint density at radius 2 is 0.500 bits per heavy atom. The summed E-state index contributed by atoms with van der Waals surface area (Å²) < 4.78 is 56.0. The van der Waals surface area contributed by atoms with E-state index < -0.39 is 35.2 Å². The third-order valence-electron chi connectivity index (χ3n) is 20.6. The summed E-state index contributed by atoms with van der Waals surface area (Å²) in [5.41, 5.74) is 88.1. The zero-order chi connectivity index (χ0) is 85.3. The van der Waals surface area contributed by atoms with Crippen molar-refractivity contribution in [1.82, 2.24) is 44.5 Å². The van der Waals surface area contributed by atoms with Crippen LogP contribution in [0.2, 0.25) is 0 Å². The SMILES string of the molecule is CCCCN(CCCN)CCCOC(COCCCN(CCCN)CCCN)(COCCCN(CCCN)CCCN)CC(=O)C(OCCCN(CCCN)CCCN)C(OCCCN(CCCN)CCCN)C(=O)NC(COCCCN(CCCN)CCCN)(COCCN(CCCN)CCCN)OCCCN(CCN)CCCN. The highest BCUT2D eigenvalue weighted by molar-refractivity contribution is 5.93. The fourth-order valence-corrected chi connectivity index (χ4v) is 14.0. The van der Waals surface area contributed by atoms with Crippen LogP contribution < -0.4 is 91.3 Å². The topological polar surface area (TPSA) is 536 Å². The number of hydrogen-bond donors (Lipinski definition) is 16. The minimum absolute atomic E-state index is 0.00641. The van der Waals surface area contributed by atoms with Crippen LogP contribution in [0.4, 0.5) is 0 Å². The third kappa shape index (κ3) is 62.9. The van der Waals surface area contributed by atoms with E-state index in [9.17, 15) is 0 Å². The van der Waals surface area contributed by atoms with E-state index in [4.69, 9.17) is 124 Å². The molecule has 0 aliphatic carbocycles. The molecule has 0 aromatic rings. The first-order valence-corrected chi connectivity index (χ1v) is 45.7. The highest BCUT2D eigenvalue weighted by Crippen LogP contribution is 2.25. The number of hydrogen-bond acceptors (Lipinski definition) is 33. The number of nitrogens with two attached hydrogens (primary N) is 15. The summed E-state index contributed by atoms with van der Waals surface area (Å²) in [6, 6.07) is 0. The molecule has 0 rings (SSSR count). The van der Waals surface area contributed by atoms with Crippen LogP contribution in [0.15, 0.2) is 0 Å². The number of nitrogens with zero attached hydrogens (tertiary/aromatic N) is 8. The van der Waals surface area contributed by atoms with E-state index in [-0.39, 0.29) is 65.9 Å². The lowest BCUT2D eigenvalue weighted by molar-refractivity contribution is -0.182. The second-order valence-corrected chi connectivity index (χ2v) is 31.1. The molecule has 0 aliphatic rings. The number of Topliss-reactive ketones (excluding diaryl/α,β-unsaturated/α-hetero) is 1. The number of carbonyl (C=O) groups is 2. The molecule has 0 aromatic carbocycles. The Balaban J connectivity index is 9.21. The van der Waals surface area contributed by atoms with Gasteiger partial charge in [-0.3, -0.25) is 9.59 Å². The molecule has 116 heavy (non-hydrogen) atoms. The summed E-state index contributed by atoms with van der Waals surface area (Å²) in [5.74, 6) is -1.07. The molecule has 0 aliphatic heterocycles. The predicted molar refractivity (Wildman–Crippen MR) is 477 cm³/mol. The lowest BCUT2D eigenvalue weighted by Gasteiger charge is -2.38. The maximum absolute atomic E-state index is 16.8. The van der Waals surface area contributed by atoms with Gasteiger partial charge in [-0.2, -0.15) is 0 Å².